The lowest BCUT2D eigenvalue weighted by molar-refractivity contribution is 0.978. The summed E-state index contributed by atoms with van der Waals surface area (Å²) in [6, 6.07) is 22.3. The highest BCUT2D eigenvalue weighted by Gasteiger charge is 2.22. The highest BCUT2D eigenvalue weighted by Crippen LogP contribution is 2.40. The van der Waals surface area contributed by atoms with Gasteiger partial charge in [0.2, 0.25) is 0 Å². The van der Waals surface area contributed by atoms with Crippen molar-refractivity contribution in [2.24, 2.45) is 0 Å². The first-order valence-corrected chi connectivity index (χ1v) is 13.1. The van der Waals surface area contributed by atoms with Crippen molar-refractivity contribution in [3.05, 3.63) is 166 Å². The minimum atomic E-state index is -0.146. The second-order valence-corrected chi connectivity index (χ2v) is 9.98. The van der Waals surface area contributed by atoms with E-state index in [4.69, 9.17) is 23.2 Å². The molecule has 0 amide bonds. The van der Waals surface area contributed by atoms with Crippen LogP contribution < -0.4 is 10.6 Å². The van der Waals surface area contributed by atoms with Crippen molar-refractivity contribution in [2.45, 2.75) is 26.7 Å². The minimum Gasteiger partial charge on any atom is -0.356 e. The number of benzene rings is 3. The van der Waals surface area contributed by atoms with Gasteiger partial charge < -0.3 is 10.6 Å². The molecule has 0 spiro atoms. The monoisotopic (exact) mass is 540 g/mol. The number of anilines is 2. The zero-order chi connectivity index (χ0) is 27.7. The SMILES string of the molecule is C=C/C=C\C(Nc1ccc(C(c2ccc(N/C(=C/C=C)C(=C)C)cc2)c2c(Cl)cccc2Cl)cc1)=C(C)C. The van der Waals surface area contributed by atoms with Gasteiger partial charge in [0.05, 0.1) is 0 Å². The van der Waals surface area contributed by atoms with Gasteiger partial charge in [0.25, 0.3) is 0 Å². The van der Waals surface area contributed by atoms with Gasteiger partial charge in [-0.25, -0.2) is 0 Å². The molecule has 3 rings (SSSR count). The smallest absolute Gasteiger partial charge is 0.0462 e. The van der Waals surface area contributed by atoms with Gasteiger partial charge in [-0.2, -0.15) is 0 Å². The lowest BCUT2D eigenvalue weighted by Gasteiger charge is -2.22. The van der Waals surface area contributed by atoms with Crippen LogP contribution in [0.3, 0.4) is 0 Å². The average molecular weight is 542 g/mol. The standard InChI is InChI=1S/C34H34Cl2N2/c1-7-9-14-32(24(5)6)38-28-21-17-26(18-22-28)33(34-29(35)12-10-13-30(34)36)25-15-19-27(20-16-25)37-31(11-8-2)23(3)4/h7-22,33,37-38H,1-3H2,4-6H3/b14-9-,31-11+. The van der Waals surface area contributed by atoms with E-state index in [1.165, 1.54) is 5.57 Å². The molecule has 0 saturated heterocycles. The van der Waals surface area contributed by atoms with E-state index in [2.05, 4.69) is 92.7 Å². The Morgan fingerprint density at radius 3 is 1.74 bits per heavy atom. The number of halogens is 2. The summed E-state index contributed by atoms with van der Waals surface area (Å²) in [5.41, 5.74) is 9.05. The van der Waals surface area contributed by atoms with Gasteiger partial charge in [-0.3, -0.25) is 0 Å². The predicted molar refractivity (Wildman–Crippen MR) is 168 cm³/mol. The molecule has 0 aliphatic heterocycles. The fourth-order valence-corrected chi connectivity index (χ4v) is 4.66. The molecule has 0 fully saturated rings. The van der Waals surface area contributed by atoms with Crippen molar-refractivity contribution in [1.82, 2.24) is 0 Å². The molecule has 0 bridgehead atoms. The van der Waals surface area contributed by atoms with Gasteiger partial charge in [0, 0.05) is 44.3 Å². The van der Waals surface area contributed by atoms with Crippen molar-refractivity contribution in [1.29, 1.82) is 0 Å². The van der Waals surface area contributed by atoms with Crippen LogP contribution in [0.1, 0.15) is 43.4 Å². The van der Waals surface area contributed by atoms with E-state index in [0.717, 1.165) is 45.0 Å². The summed E-state index contributed by atoms with van der Waals surface area (Å²) < 4.78 is 0. The van der Waals surface area contributed by atoms with Gasteiger partial charge in [-0.15, -0.1) is 0 Å². The number of rotatable bonds is 11. The molecule has 3 aromatic carbocycles. The third kappa shape index (κ3) is 7.41. The molecular weight excluding hydrogens is 507 g/mol. The van der Waals surface area contributed by atoms with Crippen molar-refractivity contribution in [3.63, 3.8) is 0 Å². The number of hydrogen-bond donors (Lipinski definition) is 2. The molecule has 194 valence electrons. The van der Waals surface area contributed by atoms with Crippen LogP contribution >= 0.6 is 23.2 Å². The molecule has 0 aromatic heterocycles. The molecule has 0 saturated carbocycles. The van der Waals surface area contributed by atoms with Crippen LogP contribution in [0.2, 0.25) is 10.0 Å². The fraction of sp³-hybridized carbons (Fsp3) is 0.118. The number of nitrogens with one attached hydrogen (secondary N) is 2. The van der Waals surface area contributed by atoms with Crippen molar-refractivity contribution >= 4 is 34.6 Å². The zero-order valence-corrected chi connectivity index (χ0v) is 23.7. The van der Waals surface area contributed by atoms with Crippen LogP contribution in [0.15, 0.2) is 139 Å². The van der Waals surface area contributed by atoms with E-state index in [9.17, 15) is 0 Å². The van der Waals surface area contributed by atoms with Gasteiger partial charge in [0.1, 0.15) is 0 Å². The van der Waals surface area contributed by atoms with E-state index >= 15 is 0 Å². The Kier molecular flexibility index (Phi) is 10.4. The first kappa shape index (κ1) is 28.8. The first-order valence-electron chi connectivity index (χ1n) is 12.4. The Balaban J connectivity index is 2.01. The van der Waals surface area contributed by atoms with E-state index in [-0.39, 0.29) is 5.92 Å². The summed E-state index contributed by atoms with van der Waals surface area (Å²) >= 11 is 13.4. The quantitative estimate of drug-likeness (QED) is 0.186. The second kappa shape index (κ2) is 13.7. The Bertz CT molecular complexity index is 1370. The third-order valence-electron chi connectivity index (χ3n) is 6.02. The van der Waals surface area contributed by atoms with Crippen LogP contribution in [0.4, 0.5) is 11.4 Å². The van der Waals surface area contributed by atoms with E-state index < -0.39 is 0 Å². The van der Waals surface area contributed by atoms with Crippen LogP contribution in [-0.4, -0.2) is 0 Å². The predicted octanol–water partition coefficient (Wildman–Crippen LogP) is 10.7. The molecule has 0 aliphatic carbocycles. The van der Waals surface area contributed by atoms with Gasteiger partial charge in [0.15, 0.2) is 0 Å². The van der Waals surface area contributed by atoms with E-state index in [0.29, 0.717) is 10.0 Å². The van der Waals surface area contributed by atoms with Crippen molar-refractivity contribution < 1.29 is 0 Å². The lowest BCUT2D eigenvalue weighted by atomic mass is 9.85. The summed E-state index contributed by atoms with van der Waals surface area (Å²) in [7, 11) is 0. The van der Waals surface area contributed by atoms with Gasteiger partial charge in [-0.05, 0) is 86.0 Å². The molecule has 4 heteroatoms. The lowest BCUT2D eigenvalue weighted by Crippen LogP contribution is -2.06. The summed E-state index contributed by atoms with van der Waals surface area (Å²) in [6.07, 6.45) is 9.36. The Labute approximate surface area is 237 Å². The fourth-order valence-electron chi connectivity index (χ4n) is 4.05. The molecule has 2 nitrogen and oxygen atoms in total. The van der Waals surface area contributed by atoms with Crippen molar-refractivity contribution in [2.75, 3.05) is 10.6 Å². The first-order chi connectivity index (χ1) is 18.2. The maximum absolute atomic E-state index is 6.72. The molecule has 38 heavy (non-hydrogen) atoms. The van der Waals surface area contributed by atoms with Gasteiger partial charge >= 0.3 is 0 Å². The Morgan fingerprint density at radius 1 is 0.763 bits per heavy atom. The van der Waals surface area contributed by atoms with Crippen molar-refractivity contribution in [3.8, 4) is 0 Å². The Morgan fingerprint density at radius 2 is 1.29 bits per heavy atom. The van der Waals surface area contributed by atoms with Crippen LogP contribution in [0.25, 0.3) is 0 Å². The minimum absolute atomic E-state index is 0.146. The largest absolute Gasteiger partial charge is 0.356 e. The molecule has 3 aromatic rings. The maximum atomic E-state index is 6.72. The van der Waals surface area contributed by atoms with Crippen LogP contribution in [0, 0.1) is 0 Å². The molecule has 1 unspecified atom stereocenters. The third-order valence-corrected chi connectivity index (χ3v) is 6.68. The van der Waals surface area contributed by atoms with Crippen LogP contribution in [0.5, 0.6) is 0 Å². The molecule has 1 atom stereocenters. The van der Waals surface area contributed by atoms with E-state index in [1.54, 1.807) is 12.2 Å². The molecular formula is C34H34Cl2N2. The summed E-state index contributed by atoms with van der Waals surface area (Å²) in [5, 5.41) is 8.17. The van der Waals surface area contributed by atoms with Crippen LogP contribution in [-0.2, 0) is 0 Å². The molecule has 2 N–H and O–H groups in total. The maximum Gasteiger partial charge on any atom is 0.0462 e. The zero-order valence-electron chi connectivity index (χ0n) is 22.2. The molecule has 0 aliphatic rings. The molecule has 0 radical (unpaired) electrons. The summed E-state index contributed by atoms with van der Waals surface area (Å²) in [5.74, 6) is -0.146. The topological polar surface area (TPSA) is 24.1 Å². The van der Waals surface area contributed by atoms with E-state index in [1.807, 2.05) is 43.4 Å². The average Bonchev–Trinajstić information content (AvgIpc) is 2.89. The van der Waals surface area contributed by atoms with Gasteiger partial charge in [-0.1, -0.05) is 97.1 Å². The summed E-state index contributed by atoms with van der Waals surface area (Å²) in [6.45, 7) is 17.7. The summed E-state index contributed by atoms with van der Waals surface area (Å²) in [4.78, 5) is 0. The normalized spacial score (nSPS) is 12.1. The molecule has 0 heterocycles. The number of hydrogen-bond acceptors (Lipinski definition) is 2. The number of allylic oxidation sites excluding steroid dienone is 7. The highest BCUT2D eigenvalue weighted by atomic mass is 35.5. The Hall–Kier alpha value is -3.72. The highest BCUT2D eigenvalue weighted by molar-refractivity contribution is 6.36. The second-order valence-electron chi connectivity index (χ2n) is 9.17.